The third-order valence-electron chi connectivity index (χ3n) is 4.07. The van der Waals surface area contributed by atoms with Gasteiger partial charge in [0.25, 0.3) is 0 Å². The Bertz CT molecular complexity index is 901. The van der Waals surface area contributed by atoms with Gasteiger partial charge in [0.1, 0.15) is 0 Å². The first-order chi connectivity index (χ1) is 12.3. The second-order valence-corrected chi connectivity index (χ2v) is 6.72. The van der Waals surface area contributed by atoms with Crippen molar-refractivity contribution in [2.75, 3.05) is 16.8 Å². The molecular weight excluding hydrogens is 379 g/mol. The zero-order valence-electron chi connectivity index (χ0n) is 13.4. The van der Waals surface area contributed by atoms with Crippen LogP contribution in [0, 0.1) is 5.92 Å². The lowest BCUT2D eigenvalue weighted by Gasteiger charge is -2.18. The van der Waals surface area contributed by atoms with Crippen molar-refractivity contribution in [3.05, 3.63) is 58.1 Å². The number of hydrogen-bond acceptors (Lipinski definition) is 3. The smallest absolute Gasteiger partial charge is 0.335 e. The molecule has 1 saturated heterocycles. The van der Waals surface area contributed by atoms with Gasteiger partial charge in [0.15, 0.2) is 0 Å². The van der Waals surface area contributed by atoms with Crippen LogP contribution in [0.4, 0.5) is 11.4 Å². The molecule has 2 amide bonds. The molecule has 0 unspecified atom stereocenters. The number of hydrogen-bond donors (Lipinski definition) is 2. The number of halogens is 2. The van der Waals surface area contributed by atoms with Gasteiger partial charge in [0.05, 0.1) is 22.2 Å². The van der Waals surface area contributed by atoms with Gasteiger partial charge in [-0.3, -0.25) is 9.59 Å². The van der Waals surface area contributed by atoms with Crippen molar-refractivity contribution < 1.29 is 19.5 Å². The Morgan fingerprint density at radius 3 is 2.65 bits per heavy atom. The first kappa shape index (κ1) is 18.2. The molecule has 2 aromatic rings. The Kier molecular flexibility index (Phi) is 5.15. The van der Waals surface area contributed by atoms with Gasteiger partial charge < -0.3 is 15.3 Å². The second kappa shape index (κ2) is 7.35. The molecule has 1 fully saturated rings. The van der Waals surface area contributed by atoms with Gasteiger partial charge in [-0.25, -0.2) is 4.79 Å². The van der Waals surface area contributed by atoms with E-state index in [1.165, 1.54) is 23.1 Å². The quantitative estimate of drug-likeness (QED) is 0.830. The van der Waals surface area contributed by atoms with E-state index < -0.39 is 11.9 Å². The third kappa shape index (κ3) is 3.81. The van der Waals surface area contributed by atoms with Gasteiger partial charge in [-0.2, -0.15) is 0 Å². The molecular formula is C18H14Cl2N2O4. The molecule has 1 atom stereocenters. The Balaban J connectivity index is 1.74. The number of nitrogens with zero attached hydrogens (tertiary/aromatic N) is 1. The summed E-state index contributed by atoms with van der Waals surface area (Å²) in [6, 6.07) is 10.7. The maximum Gasteiger partial charge on any atom is 0.335 e. The predicted molar refractivity (Wildman–Crippen MR) is 99.0 cm³/mol. The summed E-state index contributed by atoms with van der Waals surface area (Å²) in [5.41, 5.74) is 0.895. The summed E-state index contributed by atoms with van der Waals surface area (Å²) in [6.07, 6.45) is 0.0350. The average Bonchev–Trinajstić information content (AvgIpc) is 2.99. The molecule has 134 valence electrons. The van der Waals surface area contributed by atoms with Crippen molar-refractivity contribution in [3.63, 3.8) is 0 Å². The number of carboxylic acids is 1. The summed E-state index contributed by atoms with van der Waals surface area (Å²) < 4.78 is 0. The normalized spacial score (nSPS) is 16.6. The highest BCUT2D eigenvalue weighted by Gasteiger charge is 2.36. The fourth-order valence-corrected chi connectivity index (χ4v) is 3.17. The molecule has 1 heterocycles. The molecule has 2 aromatic carbocycles. The van der Waals surface area contributed by atoms with Crippen LogP contribution in [0.1, 0.15) is 16.8 Å². The lowest BCUT2D eigenvalue weighted by molar-refractivity contribution is -0.122. The van der Waals surface area contributed by atoms with Crippen LogP contribution in [-0.2, 0) is 9.59 Å². The molecule has 0 aromatic heterocycles. The van der Waals surface area contributed by atoms with Crippen LogP contribution in [0.15, 0.2) is 42.5 Å². The van der Waals surface area contributed by atoms with E-state index in [9.17, 15) is 14.4 Å². The zero-order chi connectivity index (χ0) is 18.8. The summed E-state index contributed by atoms with van der Waals surface area (Å²) >= 11 is 12.1. The Hall–Kier alpha value is -2.57. The molecule has 0 radical (unpaired) electrons. The van der Waals surface area contributed by atoms with Gasteiger partial charge in [0.2, 0.25) is 11.8 Å². The number of carbonyl (C=O) groups is 3. The molecule has 2 N–H and O–H groups in total. The fourth-order valence-electron chi connectivity index (χ4n) is 2.78. The van der Waals surface area contributed by atoms with Crippen molar-refractivity contribution in [1.29, 1.82) is 0 Å². The van der Waals surface area contributed by atoms with Crippen LogP contribution in [0.3, 0.4) is 0 Å². The Labute approximate surface area is 159 Å². The predicted octanol–water partition coefficient (Wildman–Crippen LogP) is 3.68. The number of anilines is 2. The van der Waals surface area contributed by atoms with Gasteiger partial charge in [-0.15, -0.1) is 0 Å². The second-order valence-electron chi connectivity index (χ2n) is 5.88. The van der Waals surface area contributed by atoms with E-state index in [0.29, 0.717) is 21.4 Å². The van der Waals surface area contributed by atoms with E-state index in [0.717, 1.165) is 0 Å². The maximum absolute atomic E-state index is 12.5. The summed E-state index contributed by atoms with van der Waals surface area (Å²) in [6.45, 7) is 0.170. The zero-order valence-corrected chi connectivity index (χ0v) is 14.9. The van der Waals surface area contributed by atoms with Crippen molar-refractivity contribution >= 4 is 52.4 Å². The van der Waals surface area contributed by atoms with E-state index in [1.54, 1.807) is 24.3 Å². The summed E-state index contributed by atoms with van der Waals surface area (Å²) in [7, 11) is 0. The standard InChI is InChI=1S/C18H14Cl2N2O4/c19-12-4-5-14(20)15(8-12)22-9-11(7-16(22)23)17(24)21-13-3-1-2-10(6-13)18(25)26/h1-6,8,11H,7,9H2,(H,21,24)(H,25,26)/t11-/m0/s1. The number of amides is 2. The summed E-state index contributed by atoms with van der Waals surface area (Å²) in [4.78, 5) is 37.2. The van der Waals surface area contributed by atoms with Crippen molar-refractivity contribution in [3.8, 4) is 0 Å². The fraction of sp³-hybridized carbons (Fsp3) is 0.167. The number of carboxylic acid groups (broad SMARTS) is 1. The highest BCUT2D eigenvalue weighted by Crippen LogP contribution is 2.33. The van der Waals surface area contributed by atoms with E-state index >= 15 is 0 Å². The van der Waals surface area contributed by atoms with Gasteiger partial charge in [-0.05, 0) is 36.4 Å². The van der Waals surface area contributed by atoms with Crippen LogP contribution in [0.2, 0.25) is 10.0 Å². The highest BCUT2D eigenvalue weighted by atomic mass is 35.5. The van der Waals surface area contributed by atoms with Crippen molar-refractivity contribution in [1.82, 2.24) is 0 Å². The minimum Gasteiger partial charge on any atom is -0.478 e. The molecule has 1 aliphatic heterocycles. The number of carbonyl (C=O) groups excluding carboxylic acids is 2. The van der Waals surface area contributed by atoms with Crippen LogP contribution in [0.25, 0.3) is 0 Å². The van der Waals surface area contributed by atoms with E-state index in [-0.39, 0.29) is 30.3 Å². The SMILES string of the molecule is O=C(O)c1cccc(NC(=O)[C@H]2CC(=O)N(c3cc(Cl)ccc3Cl)C2)c1. The molecule has 0 spiro atoms. The van der Waals surface area contributed by atoms with Crippen LogP contribution < -0.4 is 10.2 Å². The minimum absolute atomic E-state index is 0.0350. The van der Waals surface area contributed by atoms with Crippen LogP contribution in [-0.4, -0.2) is 29.4 Å². The molecule has 8 heteroatoms. The average molecular weight is 393 g/mol. The van der Waals surface area contributed by atoms with Gasteiger partial charge in [-0.1, -0.05) is 29.3 Å². The number of aromatic carboxylic acids is 1. The summed E-state index contributed by atoms with van der Waals surface area (Å²) in [5.74, 6) is -2.25. The third-order valence-corrected chi connectivity index (χ3v) is 4.63. The molecule has 26 heavy (non-hydrogen) atoms. The number of benzene rings is 2. The van der Waals surface area contributed by atoms with Crippen molar-refractivity contribution in [2.24, 2.45) is 5.92 Å². The lowest BCUT2D eigenvalue weighted by Crippen LogP contribution is -2.28. The largest absolute Gasteiger partial charge is 0.478 e. The van der Waals surface area contributed by atoms with E-state index in [2.05, 4.69) is 5.32 Å². The monoisotopic (exact) mass is 392 g/mol. The molecule has 6 nitrogen and oxygen atoms in total. The number of nitrogens with one attached hydrogen (secondary N) is 1. The van der Waals surface area contributed by atoms with E-state index in [4.69, 9.17) is 28.3 Å². The van der Waals surface area contributed by atoms with Gasteiger partial charge >= 0.3 is 5.97 Å². The minimum atomic E-state index is -1.08. The molecule has 0 bridgehead atoms. The van der Waals surface area contributed by atoms with Crippen molar-refractivity contribution in [2.45, 2.75) is 6.42 Å². The van der Waals surface area contributed by atoms with Crippen LogP contribution in [0.5, 0.6) is 0 Å². The molecule has 0 aliphatic carbocycles. The first-order valence-electron chi connectivity index (χ1n) is 7.75. The first-order valence-corrected chi connectivity index (χ1v) is 8.50. The maximum atomic E-state index is 12.5. The lowest BCUT2D eigenvalue weighted by atomic mass is 10.1. The molecule has 3 rings (SSSR count). The number of rotatable bonds is 4. The summed E-state index contributed by atoms with van der Waals surface area (Å²) in [5, 5.41) is 12.5. The van der Waals surface area contributed by atoms with E-state index in [1.807, 2.05) is 0 Å². The highest BCUT2D eigenvalue weighted by molar-refractivity contribution is 6.36. The van der Waals surface area contributed by atoms with Gasteiger partial charge in [0, 0.05) is 23.7 Å². The molecule has 0 saturated carbocycles. The topological polar surface area (TPSA) is 86.7 Å². The molecule has 1 aliphatic rings. The Morgan fingerprint density at radius 2 is 1.92 bits per heavy atom. The van der Waals surface area contributed by atoms with Crippen LogP contribution >= 0.6 is 23.2 Å². The Morgan fingerprint density at radius 1 is 1.15 bits per heavy atom.